The van der Waals surface area contributed by atoms with Crippen molar-refractivity contribution in [3.8, 4) is 17.6 Å². The molecule has 1 unspecified atom stereocenters. The van der Waals surface area contributed by atoms with Crippen LogP contribution in [0.4, 0.5) is 5.69 Å². The SMILES string of the molecule is COc1cc(C2C(C#N)=C(N)OC3=C2C(=O)CC(C)(C)C3)ccc1OCC(=O)Nc1c(C)cc(Br)cc1C. The molecule has 0 radical (unpaired) electrons. The molecule has 2 aromatic carbocycles. The smallest absolute Gasteiger partial charge is 0.262 e. The zero-order chi connectivity index (χ0) is 27.8. The summed E-state index contributed by atoms with van der Waals surface area (Å²) in [5, 5.41) is 12.8. The van der Waals surface area contributed by atoms with Gasteiger partial charge in [0.05, 0.1) is 13.0 Å². The number of amides is 1. The van der Waals surface area contributed by atoms with Crippen molar-refractivity contribution < 1.29 is 23.8 Å². The molecule has 198 valence electrons. The van der Waals surface area contributed by atoms with Crippen LogP contribution >= 0.6 is 15.9 Å². The van der Waals surface area contributed by atoms with E-state index in [1.165, 1.54) is 7.11 Å². The highest BCUT2D eigenvalue weighted by Gasteiger charge is 2.43. The highest BCUT2D eigenvalue weighted by molar-refractivity contribution is 9.10. The number of carbonyl (C=O) groups is 2. The van der Waals surface area contributed by atoms with Crippen LogP contribution < -0.4 is 20.5 Å². The molecule has 1 aliphatic heterocycles. The number of ketones is 1. The van der Waals surface area contributed by atoms with E-state index in [4.69, 9.17) is 19.9 Å². The normalized spacial score (nSPS) is 18.3. The van der Waals surface area contributed by atoms with E-state index in [0.717, 1.165) is 21.3 Å². The summed E-state index contributed by atoms with van der Waals surface area (Å²) in [6, 6.07) is 11.1. The monoisotopic (exact) mass is 579 g/mol. The predicted octanol–water partition coefficient (Wildman–Crippen LogP) is 5.54. The van der Waals surface area contributed by atoms with Gasteiger partial charge in [0.15, 0.2) is 23.9 Å². The lowest BCUT2D eigenvalue weighted by atomic mass is 9.70. The van der Waals surface area contributed by atoms with E-state index >= 15 is 0 Å². The molecule has 2 aromatic rings. The lowest BCUT2D eigenvalue weighted by Gasteiger charge is -2.37. The van der Waals surface area contributed by atoms with Crippen molar-refractivity contribution in [2.75, 3.05) is 19.0 Å². The molecule has 9 heteroatoms. The first-order valence-electron chi connectivity index (χ1n) is 12.1. The molecule has 8 nitrogen and oxygen atoms in total. The minimum atomic E-state index is -0.679. The minimum absolute atomic E-state index is 0.00348. The highest BCUT2D eigenvalue weighted by atomic mass is 79.9. The van der Waals surface area contributed by atoms with Gasteiger partial charge in [-0.05, 0) is 60.2 Å². The van der Waals surface area contributed by atoms with Crippen LogP contribution in [0.25, 0.3) is 0 Å². The van der Waals surface area contributed by atoms with Gasteiger partial charge in [0.1, 0.15) is 17.4 Å². The number of ether oxygens (including phenoxy) is 3. The number of nitrogens with zero attached hydrogens (tertiary/aromatic N) is 1. The summed E-state index contributed by atoms with van der Waals surface area (Å²) in [6.07, 6.45) is 0.879. The number of benzene rings is 2. The number of aryl methyl sites for hydroxylation is 2. The number of hydrogen-bond acceptors (Lipinski definition) is 7. The number of rotatable bonds is 6. The van der Waals surface area contributed by atoms with Gasteiger partial charge >= 0.3 is 0 Å². The Morgan fingerprint density at radius 2 is 1.89 bits per heavy atom. The van der Waals surface area contributed by atoms with Crippen LogP contribution in [0.3, 0.4) is 0 Å². The van der Waals surface area contributed by atoms with E-state index in [-0.39, 0.29) is 35.2 Å². The van der Waals surface area contributed by atoms with Crippen LogP contribution in [-0.2, 0) is 14.3 Å². The van der Waals surface area contributed by atoms with Gasteiger partial charge in [0.2, 0.25) is 5.88 Å². The molecule has 0 saturated heterocycles. The Labute approximate surface area is 230 Å². The van der Waals surface area contributed by atoms with Crippen LogP contribution in [0.5, 0.6) is 11.5 Å². The molecule has 0 fully saturated rings. The Morgan fingerprint density at radius 1 is 1.21 bits per heavy atom. The number of hydrogen-bond donors (Lipinski definition) is 2. The molecule has 0 bridgehead atoms. The van der Waals surface area contributed by atoms with Gasteiger partial charge in [-0.25, -0.2) is 0 Å². The van der Waals surface area contributed by atoms with Crippen molar-refractivity contribution in [2.24, 2.45) is 11.1 Å². The number of nitrogens with two attached hydrogens (primary N) is 1. The first kappa shape index (κ1) is 27.3. The molecule has 1 amide bonds. The second-order valence-corrected chi connectivity index (χ2v) is 11.3. The Bertz CT molecular complexity index is 1410. The highest BCUT2D eigenvalue weighted by Crippen LogP contribution is 2.48. The first-order valence-corrected chi connectivity index (χ1v) is 12.9. The molecule has 1 aliphatic carbocycles. The van der Waals surface area contributed by atoms with E-state index in [9.17, 15) is 14.9 Å². The predicted molar refractivity (Wildman–Crippen MR) is 146 cm³/mol. The van der Waals surface area contributed by atoms with Crippen molar-refractivity contribution in [3.05, 3.63) is 74.3 Å². The van der Waals surface area contributed by atoms with Crippen LogP contribution in [0.2, 0.25) is 0 Å². The van der Waals surface area contributed by atoms with Crippen LogP contribution in [0.15, 0.2) is 57.6 Å². The Kier molecular flexibility index (Phi) is 7.56. The second kappa shape index (κ2) is 10.5. The van der Waals surface area contributed by atoms with E-state index in [0.29, 0.717) is 41.2 Å². The molecule has 1 heterocycles. The third-order valence-electron chi connectivity index (χ3n) is 6.72. The first-order chi connectivity index (χ1) is 17.9. The van der Waals surface area contributed by atoms with E-state index in [2.05, 4.69) is 27.3 Å². The summed E-state index contributed by atoms with van der Waals surface area (Å²) in [6.45, 7) is 7.60. The van der Waals surface area contributed by atoms with Crippen molar-refractivity contribution in [1.82, 2.24) is 0 Å². The molecular weight excluding hydrogens is 550 g/mol. The number of methoxy groups -OCH3 is 1. The third kappa shape index (κ3) is 5.41. The van der Waals surface area contributed by atoms with Crippen LogP contribution in [-0.4, -0.2) is 25.4 Å². The maximum Gasteiger partial charge on any atom is 0.262 e. The number of nitrogens with one attached hydrogen (secondary N) is 1. The summed E-state index contributed by atoms with van der Waals surface area (Å²) in [4.78, 5) is 25.8. The molecule has 4 rings (SSSR count). The number of carbonyl (C=O) groups excluding carboxylic acids is 2. The summed E-state index contributed by atoms with van der Waals surface area (Å²) in [5.41, 5.74) is 9.71. The standard InChI is InChI=1S/C29H30BrN3O5/c1-15-8-18(30)9-16(2)27(15)33-24(35)14-37-21-7-6-17(10-22(21)36-5)25-19(13-31)28(32)38-23-12-29(3,4)11-20(34)26(23)25/h6-10,25H,11-12,14,32H2,1-5H3,(H,33,35). The lowest BCUT2D eigenvalue weighted by molar-refractivity contribution is -0.119. The zero-order valence-corrected chi connectivity index (χ0v) is 23.6. The lowest BCUT2D eigenvalue weighted by Crippen LogP contribution is -2.33. The van der Waals surface area contributed by atoms with Crippen LogP contribution in [0.1, 0.15) is 49.3 Å². The minimum Gasteiger partial charge on any atom is -0.493 e. The zero-order valence-electron chi connectivity index (χ0n) is 22.0. The molecular formula is C29H30BrN3O5. The number of Topliss-reactive ketones (excluding diaryl/α,β-unsaturated/α-hetero) is 1. The fourth-order valence-corrected chi connectivity index (χ4v) is 5.71. The van der Waals surface area contributed by atoms with Gasteiger partial charge in [-0.3, -0.25) is 9.59 Å². The number of anilines is 1. The summed E-state index contributed by atoms with van der Waals surface area (Å²) < 4.78 is 18.0. The fourth-order valence-electron chi connectivity index (χ4n) is 5.03. The largest absolute Gasteiger partial charge is 0.493 e. The van der Waals surface area contributed by atoms with Crippen molar-refractivity contribution in [3.63, 3.8) is 0 Å². The Morgan fingerprint density at radius 3 is 2.53 bits per heavy atom. The van der Waals surface area contributed by atoms with Gasteiger partial charge in [-0.15, -0.1) is 0 Å². The molecule has 0 saturated carbocycles. The number of allylic oxidation sites excluding steroid dienone is 3. The molecule has 0 aromatic heterocycles. The fraction of sp³-hybridized carbons (Fsp3) is 0.345. The van der Waals surface area contributed by atoms with E-state index < -0.39 is 5.92 Å². The van der Waals surface area contributed by atoms with Crippen molar-refractivity contribution in [2.45, 2.75) is 46.5 Å². The Balaban J connectivity index is 1.59. The summed E-state index contributed by atoms with van der Waals surface area (Å²) in [7, 11) is 1.49. The molecule has 1 atom stereocenters. The van der Waals surface area contributed by atoms with Crippen LogP contribution in [0, 0.1) is 30.6 Å². The van der Waals surface area contributed by atoms with E-state index in [1.807, 2.05) is 39.8 Å². The quantitative estimate of drug-likeness (QED) is 0.460. The molecule has 3 N–H and O–H groups in total. The molecule has 0 spiro atoms. The number of halogens is 1. The summed E-state index contributed by atoms with van der Waals surface area (Å²) in [5.74, 6) is 0.140. The average molecular weight is 580 g/mol. The van der Waals surface area contributed by atoms with Gasteiger partial charge in [0.25, 0.3) is 5.91 Å². The van der Waals surface area contributed by atoms with Gasteiger partial charge in [-0.2, -0.15) is 5.26 Å². The maximum absolute atomic E-state index is 13.2. The topological polar surface area (TPSA) is 124 Å². The van der Waals surface area contributed by atoms with Crippen molar-refractivity contribution in [1.29, 1.82) is 5.26 Å². The van der Waals surface area contributed by atoms with Gasteiger partial charge in [0, 0.05) is 28.6 Å². The van der Waals surface area contributed by atoms with Gasteiger partial charge < -0.3 is 25.3 Å². The molecule has 38 heavy (non-hydrogen) atoms. The van der Waals surface area contributed by atoms with Crippen molar-refractivity contribution >= 4 is 33.3 Å². The molecule has 2 aliphatic rings. The average Bonchev–Trinajstić information content (AvgIpc) is 2.83. The van der Waals surface area contributed by atoms with Gasteiger partial charge in [-0.1, -0.05) is 35.8 Å². The number of nitriles is 1. The third-order valence-corrected chi connectivity index (χ3v) is 7.17. The Hall–Kier alpha value is -3.77. The second-order valence-electron chi connectivity index (χ2n) is 10.4. The van der Waals surface area contributed by atoms with E-state index in [1.54, 1.807) is 18.2 Å². The maximum atomic E-state index is 13.2. The summed E-state index contributed by atoms with van der Waals surface area (Å²) >= 11 is 3.46.